The lowest BCUT2D eigenvalue weighted by Gasteiger charge is -2.02. The van der Waals surface area contributed by atoms with Crippen molar-refractivity contribution in [2.45, 2.75) is 5.33 Å². The Bertz CT molecular complexity index is 428. The Hall–Kier alpha value is -1.12. The zero-order valence-corrected chi connectivity index (χ0v) is 9.17. The van der Waals surface area contributed by atoms with Crippen molar-refractivity contribution in [2.24, 2.45) is 0 Å². The first-order valence-corrected chi connectivity index (χ1v) is 5.03. The van der Waals surface area contributed by atoms with Crippen molar-refractivity contribution in [3.63, 3.8) is 0 Å². The number of rotatable bonds is 2. The summed E-state index contributed by atoms with van der Waals surface area (Å²) in [5.74, 6) is 0. The van der Waals surface area contributed by atoms with Crippen LogP contribution in [0.2, 0.25) is 5.02 Å². The van der Waals surface area contributed by atoms with Crippen molar-refractivity contribution in [3.8, 4) is 6.07 Å². The monoisotopic (exact) mass is 274 g/mol. The molecule has 1 rings (SSSR count). The van der Waals surface area contributed by atoms with E-state index in [1.54, 1.807) is 6.07 Å². The fraction of sp³-hybridized carbons (Fsp3) is 0.125. The highest BCUT2D eigenvalue weighted by Gasteiger charge is 2.18. The molecule has 0 N–H and O–H groups in total. The van der Waals surface area contributed by atoms with Crippen molar-refractivity contribution in [1.82, 2.24) is 0 Å². The molecule has 0 bridgehead atoms. The van der Waals surface area contributed by atoms with E-state index in [0.29, 0.717) is 15.9 Å². The molecule has 1 aromatic carbocycles. The Morgan fingerprint density at radius 1 is 1.64 bits per heavy atom. The predicted octanol–water partition coefficient (Wildman–Crippen LogP) is 3.01. The van der Waals surface area contributed by atoms with Crippen molar-refractivity contribution >= 4 is 33.2 Å². The molecule has 0 radical (unpaired) electrons. The first-order chi connectivity index (χ1) is 6.61. The van der Waals surface area contributed by atoms with E-state index in [0.717, 1.165) is 0 Å². The molecule has 0 amide bonds. The number of halogens is 2. The van der Waals surface area contributed by atoms with Crippen LogP contribution in [-0.4, -0.2) is 4.92 Å². The summed E-state index contributed by atoms with van der Waals surface area (Å²) in [5, 5.41) is 20.0. The summed E-state index contributed by atoms with van der Waals surface area (Å²) >= 11 is 8.91. The second-order valence-corrected chi connectivity index (χ2v) is 3.39. The number of nitrogens with zero attached hydrogens (tertiary/aromatic N) is 2. The minimum absolute atomic E-state index is 0.0133. The minimum Gasteiger partial charge on any atom is -0.258 e. The molecule has 0 aromatic heterocycles. The number of hydrogen-bond donors (Lipinski definition) is 0. The van der Waals surface area contributed by atoms with Crippen molar-refractivity contribution in [3.05, 3.63) is 38.4 Å². The molecular weight excluding hydrogens is 271 g/mol. The van der Waals surface area contributed by atoms with Gasteiger partial charge in [-0.2, -0.15) is 5.26 Å². The van der Waals surface area contributed by atoms with Crippen LogP contribution in [0.5, 0.6) is 0 Å². The average Bonchev–Trinajstić information content (AvgIpc) is 2.16. The third-order valence-corrected chi connectivity index (χ3v) is 2.59. The van der Waals surface area contributed by atoms with Crippen LogP contribution in [0.25, 0.3) is 0 Å². The second kappa shape index (κ2) is 4.40. The van der Waals surface area contributed by atoms with Crippen LogP contribution in [-0.2, 0) is 5.33 Å². The molecule has 6 heteroatoms. The van der Waals surface area contributed by atoms with E-state index >= 15 is 0 Å². The second-order valence-electron chi connectivity index (χ2n) is 2.42. The van der Waals surface area contributed by atoms with Crippen LogP contribution < -0.4 is 0 Å². The van der Waals surface area contributed by atoms with Gasteiger partial charge in [0, 0.05) is 22.0 Å². The number of alkyl halides is 1. The van der Waals surface area contributed by atoms with Crippen molar-refractivity contribution in [2.75, 3.05) is 0 Å². The Kier molecular flexibility index (Phi) is 3.44. The number of nitro benzene ring substituents is 1. The molecule has 0 unspecified atom stereocenters. The maximum Gasteiger partial charge on any atom is 0.287 e. The van der Waals surface area contributed by atoms with Crippen LogP contribution in [0.15, 0.2) is 12.1 Å². The first-order valence-electron chi connectivity index (χ1n) is 3.53. The van der Waals surface area contributed by atoms with Gasteiger partial charge in [-0.15, -0.1) is 0 Å². The fourth-order valence-electron chi connectivity index (χ4n) is 1.02. The lowest BCUT2D eigenvalue weighted by molar-refractivity contribution is -0.385. The van der Waals surface area contributed by atoms with Gasteiger partial charge in [0.2, 0.25) is 0 Å². The molecule has 72 valence electrons. The summed E-state index contributed by atoms with van der Waals surface area (Å²) in [7, 11) is 0. The maximum absolute atomic E-state index is 10.6. The van der Waals surface area contributed by atoms with Crippen LogP contribution >= 0.6 is 27.5 Å². The standard InChI is InChI=1S/C8H4BrClN2O2/c9-3-5-6(4-11)8(12(13)14)2-1-7(5)10/h1-2H,3H2. The normalized spacial score (nSPS) is 9.50. The summed E-state index contributed by atoms with van der Waals surface area (Å²) < 4.78 is 0. The number of hydrogen-bond acceptors (Lipinski definition) is 3. The fourth-order valence-corrected chi connectivity index (χ4v) is 1.99. The largest absolute Gasteiger partial charge is 0.287 e. The zero-order valence-electron chi connectivity index (χ0n) is 6.83. The highest BCUT2D eigenvalue weighted by atomic mass is 79.9. The zero-order chi connectivity index (χ0) is 10.7. The minimum atomic E-state index is -0.596. The van der Waals surface area contributed by atoms with E-state index in [9.17, 15) is 10.1 Å². The van der Waals surface area contributed by atoms with Gasteiger partial charge in [-0.05, 0) is 6.07 Å². The molecule has 0 saturated carbocycles. The summed E-state index contributed by atoms with van der Waals surface area (Å²) in [6, 6.07) is 4.42. The molecule has 0 aliphatic heterocycles. The van der Waals surface area contributed by atoms with E-state index in [4.69, 9.17) is 16.9 Å². The van der Waals surface area contributed by atoms with Gasteiger partial charge in [0.05, 0.1) is 4.92 Å². The van der Waals surface area contributed by atoms with E-state index in [-0.39, 0.29) is 11.3 Å². The van der Waals surface area contributed by atoms with E-state index in [1.807, 2.05) is 0 Å². The Labute approximate surface area is 93.4 Å². The lowest BCUT2D eigenvalue weighted by Crippen LogP contribution is -1.96. The first kappa shape index (κ1) is 11.0. The molecule has 0 fully saturated rings. The number of nitro groups is 1. The quantitative estimate of drug-likeness (QED) is 0.473. The maximum atomic E-state index is 10.6. The summed E-state index contributed by atoms with van der Waals surface area (Å²) in [6.07, 6.45) is 0. The summed E-state index contributed by atoms with van der Waals surface area (Å²) in [4.78, 5) is 9.96. The van der Waals surface area contributed by atoms with E-state index in [1.165, 1.54) is 12.1 Å². The van der Waals surface area contributed by atoms with Gasteiger partial charge in [-0.3, -0.25) is 10.1 Å². The Morgan fingerprint density at radius 2 is 2.29 bits per heavy atom. The topological polar surface area (TPSA) is 66.9 Å². The summed E-state index contributed by atoms with van der Waals surface area (Å²) in [6.45, 7) is 0. The molecule has 0 aliphatic rings. The molecule has 4 nitrogen and oxygen atoms in total. The van der Waals surface area contributed by atoms with Gasteiger partial charge >= 0.3 is 0 Å². The van der Waals surface area contributed by atoms with Crippen LogP contribution in [0.1, 0.15) is 11.1 Å². The average molecular weight is 275 g/mol. The third-order valence-electron chi connectivity index (χ3n) is 1.68. The molecule has 14 heavy (non-hydrogen) atoms. The molecule has 0 saturated heterocycles. The molecule has 1 aromatic rings. The van der Waals surface area contributed by atoms with Crippen molar-refractivity contribution in [1.29, 1.82) is 5.26 Å². The Balaban J connectivity index is 3.50. The van der Waals surface area contributed by atoms with Gasteiger partial charge in [0.1, 0.15) is 11.6 Å². The summed E-state index contributed by atoms with van der Waals surface area (Å²) in [5.41, 5.74) is 0.245. The molecule has 0 heterocycles. The highest BCUT2D eigenvalue weighted by molar-refractivity contribution is 9.08. The number of benzene rings is 1. The van der Waals surface area contributed by atoms with E-state index in [2.05, 4.69) is 15.9 Å². The van der Waals surface area contributed by atoms with Gasteiger partial charge in [-0.1, -0.05) is 27.5 Å². The van der Waals surface area contributed by atoms with E-state index < -0.39 is 4.92 Å². The van der Waals surface area contributed by atoms with Crippen molar-refractivity contribution < 1.29 is 4.92 Å². The predicted molar refractivity (Wildman–Crippen MR) is 55.5 cm³/mol. The molecule has 0 atom stereocenters. The SMILES string of the molecule is N#Cc1c([N+](=O)[O-])ccc(Cl)c1CBr. The van der Waals surface area contributed by atoms with Gasteiger partial charge in [0.15, 0.2) is 0 Å². The van der Waals surface area contributed by atoms with Crippen LogP contribution in [0.4, 0.5) is 5.69 Å². The molecule has 0 aliphatic carbocycles. The highest BCUT2D eigenvalue weighted by Crippen LogP contribution is 2.29. The smallest absolute Gasteiger partial charge is 0.258 e. The van der Waals surface area contributed by atoms with Gasteiger partial charge in [-0.25, -0.2) is 0 Å². The third kappa shape index (κ3) is 1.86. The molecular formula is C8H4BrClN2O2. The Morgan fingerprint density at radius 3 is 2.71 bits per heavy atom. The van der Waals surface area contributed by atoms with Gasteiger partial charge < -0.3 is 0 Å². The molecule has 0 spiro atoms. The van der Waals surface area contributed by atoms with Gasteiger partial charge in [0.25, 0.3) is 5.69 Å². The van der Waals surface area contributed by atoms with Crippen LogP contribution in [0.3, 0.4) is 0 Å². The van der Waals surface area contributed by atoms with Crippen LogP contribution in [0, 0.1) is 21.4 Å². The number of nitriles is 1. The lowest BCUT2D eigenvalue weighted by atomic mass is 10.1.